The molecule has 0 heterocycles. The van der Waals surface area contributed by atoms with Crippen molar-refractivity contribution in [2.75, 3.05) is 0 Å². The van der Waals surface area contributed by atoms with Gasteiger partial charge in [-0.1, -0.05) is 33.6 Å². The van der Waals surface area contributed by atoms with Gasteiger partial charge in [-0.25, -0.2) is 4.79 Å². The summed E-state index contributed by atoms with van der Waals surface area (Å²) in [5.41, 5.74) is 0.436. The van der Waals surface area contributed by atoms with Crippen LogP contribution in [0.25, 0.3) is 0 Å². The van der Waals surface area contributed by atoms with Crippen molar-refractivity contribution < 1.29 is 14.7 Å². The third kappa shape index (κ3) is 2.67. The number of amides is 1. The Balaban J connectivity index is 2.40. The molecule has 4 nitrogen and oxygen atoms in total. The summed E-state index contributed by atoms with van der Waals surface area (Å²) in [6.07, 6.45) is 2.28. The molecule has 6 heteroatoms. The third-order valence-corrected chi connectivity index (χ3v) is 3.70. The van der Waals surface area contributed by atoms with Crippen LogP contribution in [0.5, 0.6) is 0 Å². The predicted octanol–water partition coefficient (Wildman–Crippen LogP) is 2.85. The molecule has 0 spiro atoms. The average molecular weight is 333 g/mol. The Kier molecular flexibility index (Phi) is 3.92. The van der Waals surface area contributed by atoms with E-state index in [1.54, 1.807) is 18.2 Å². The smallest absolute Gasteiger partial charge is 0.331 e. The molecule has 1 fully saturated rings. The molecule has 1 N–H and O–H groups in total. The molecule has 96 valence electrons. The third-order valence-electron chi connectivity index (χ3n) is 2.88. The monoisotopic (exact) mass is 331 g/mol. The molecule has 1 saturated carbocycles. The Labute approximate surface area is 118 Å². The van der Waals surface area contributed by atoms with Crippen LogP contribution in [0.2, 0.25) is 5.02 Å². The lowest BCUT2D eigenvalue weighted by molar-refractivity contribution is -0.147. The molecule has 0 aromatic heterocycles. The Morgan fingerprint density at radius 3 is 2.67 bits per heavy atom. The number of carbonyl (C=O) groups excluding carboxylic acids is 1. The second kappa shape index (κ2) is 5.28. The summed E-state index contributed by atoms with van der Waals surface area (Å²) in [5.74, 6) is -1.07. The van der Waals surface area contributed by atoms with Crippen LogP contribution in [0.1, 0.15) is 24.4 Å². The maximum atomic E-state index is 11.4. The molecular formula is C12H11BrClNO3. The fourth-order valence-corrected chi connectivity index (χ4v) is 2.65. The van der Waals surface area contributed by atoms with Gasteiger partial charge < -0.3 is 10.0 Å². The van der Waals surface area contributed by atoms with Gasteiger partial charge in [0, 0.05) is 21.1 Å². The van der Waals surface area contributed by atoms with E-state index in [9.17, 15) is 14.7 Å². The van der Waals surface area contributed by atoms with Crippen LogP contribution in [0.3, 0.4) is 0 Å². The summed E-state index contributed by atoms with van der Waals surface area (Å²) in [6, 6.07) is 3.97. The van der Waals surface area contributed by atoms with E-state index in [0.717, 1.165) is 17.3 Å². The normalized spacial score (nSPS) is 16.1. The molecule has 1 amide bonds. The molecule has 0 bridgehead atoms. The molecular weight excluding hydrogens is 321 g/mol. The minimum absolute atomic E-state index is 0.0170. The Morgan fingerprint density at radius 2 is 2.22 bits per heavy atom. The fourth-order valence-electron chi connectivity index (χ4n) is 1.87. The zero-order chi connectivity index (χ0) is 13.3. The highest BCUT2D eigenvalue weighted by Crippen LogP contribution is 2.36. The number of hydrogen-bond donors (Lipinski definition) is 1. The highest BCUT2D eigenvalue weighted by atomic mass is 79.9. The van der Waals surface area contributed by atoms with Crippen molar-refractivity contribution in [3.8, 4) is 0 Å². The molecule has 1 aliphatic rings. The van der Waals surface area contributed by atoms with Gasteiger partial charge in [0.25, 0.3) is 0 Å². The van der Waals surface area contributed by atoms with Crippen molar-refractivity contribution in [1.29, 1.82) is 0 Å². The maximum Gasteiger partial charge on any atom is 0.331 e. The van der Waals surface area contributed by atoms with Crippen LogP contribution in [-0.2, 0) is 9.59 Å². The largest absolute Gasteiger partial charge is 0.479 e. The number of carboxylic acids is 1. The lowest BCUT2D eigenvalue weighted by Gasteiger charge is -2.25. The maximum absolute atomic E-state index is 11.4. The van der Waals surface area contributed by atoms with E-state index in [-0.39, 0.29) is 6.04 Å². The fraction of sp³-hybridized carbons (Fsp3) is 0.333. The van der Waals surface area contributed by atoms with E-state index in [2.05, 4.69) is 15.9 Å². The van der Waals surface area contributed by atoms with Crippen LogP contribution >= 0.6 is 27.5 Å². The van der Waals surface area contributed by atoms with E-state index in [1.165, 1.54) is 4.90 Å². The highest BCUT2D eigenvalue weighted by molar-refractivity contribution is 9.10. The number of rotatable bonds is 5. The molecule has 1 aromatic rings. The Morgan fingerprint density at radius 1 is 1.56 bits per heavy atom. The van der Waals surface area contributed by atoms with Gasteiger partial charge in [0.15, 0.2) is 6.04 Å². The zero-order valence-corrected chi connectivity index (χ0v) is 11.7. The van der Waals surface area contributed by atoms with Crippen molar-refractivity contribution >= 4 is 39.9 Å². The van der Waals surface area contributed by atoms with Gasteiger partial charge in [0.05, 0.1) is 0 Å². The Bertz CT molecular complexity index is 490. The van der Waals surface area contributed by atoms with Crippen molar-refractivity contribution in [2.24, 2.45) is 0 Å². The Hall–Kier alpha value is -1.07. The zero-order valence-electron chi connectivity index (χ0n) is 9.35. The molecule has 1 atom stereocenters. The first-order valence-electron chi connectivity index (χ1n) is 5.45. The van der Waals surface area contributed by atoms with Gasteiger partial charge in [-0.05, 0) is 25.0 Å². The van der Waals surface area contributed by atoms with Crippen LogP contribution in [0, 0.1) is 0 Å². The number of carboxylic acid groups (broad SMARTS) is 1. The number of benzene rings is 1. The van der Waals surface area contributed by atoms with Crippen molar-refractivity contribution in [3.05, 3.63) is 33.3 Å². The van der Waals surface area contributed by atoms with Crippen LogP contribution in [0.15, 0.2) is 22.7 Å². The van der Waals surface area contributed by atoms with Crippen molar-refractivity contribution in [3.63, 3.8) is 0 Å². The summed E-state index contributed by atoms with van der Waals surface area (Å²) in [7, 11) is 0. The molecule has 1 aromatic carbocycles. The molecule has 2 rings (SSSR count). The van der Waals surface area contributed by atoms with E-state index in [4.69, 9.17) is 11.6 Å². The second-order valence-electron chi connectivity index (χ2n) is 4.19. The molecule has 0 saturated heterocycles. The first-order valence-corrected chi connectivity index (χ1v) is 6.62. The highest BCUT2D eigenvalue weighted by Gasteiger charge is 2.38. The van der Waals surface area contributed by atoms with E-state index < -0.39 is 12.0 Å². The number of nitrogens with zero attached hydrogens (tertiary/aromatic N) is 1. The van der Waals surface area contributed by atoms with Gasteiger partial charge in [0.2, 0.25) is 6.41 Å². The predicted molar refractivity (Wildman–Crippen MR) is 70.5 cm³/mol. The van der Waals surface area contributed by atoms with E-state index in [0.29, 0.717) is 17.0 Å². The summed E-state index contributed by atoms with van der Waals surface area (Å²) in [4.78, 5) is 23.8. The SMILES string of the molecule is O=CN(C1CC1)C(C(=O)O)c1ccc(Br)cc1Cl. The molecule has 0 radical (unpaired) electrons. The minimum atomic E-state index is -1.07. The number of hydrogen-bond acceptors (Lipinski definition) is 2. The number of aliphatic carboxylic acids is 1. The second-order valence-corrected chi connectivity index (χ2v) is 5.51. The van der Waals surface area contributed by atoms with Crippen molar-refractivity contribution in [2.45, 2.75) is 24.9 Å². The van der Waals surface area contributed by atoms with E-state index >= 15 is 0 Å². The average Bonchev–Trinajstić information content (AvgIpc) is 3.10. The van der Waals surface area contributed by atoms with Gasteiger partial charge >= 0.3 is 5.97 Å². The van der Waals surface area contributed by atoms with Gasteiger partial charge in [-0.15, -0.1) is 0 Å². The van der Waals surface area contributed by atoms with Gasteiger partial charge in [0.1, 0.15) is 0 Å². The summed E-state index contributed by atoms with van der Waals surface area (Å²) in [5, 5.41) is 9.66. The number of halogens is 2. The lowest BCUT2D eigenvalue weighted by Crippen LogP contribution is -2.35. The van der Waals surface area contributed by atoms with E-state index in [1.807, 2.05) is 0 Å². The molecule has 1 aliphatic carbocycles. The molecule has 0 aliphatic heterocycles. The van der Waals surface area contributed by atoms with Crippen LogP contribution in [-0.4, -0.2) is 28.4 Å². The standard InChI is InChI=1S/C12H11BrClNO3/c13-7-1-4-9(10(14)5-7)11(12(17)18)15(6-16)8-2-3-8/h1,4-6,8,11H,2-3H2,(H,17,18). The van der Waals surface area contributed by atoms with Crippen molar-refractivity contribution in [1.82, 2.24) is 4.90 Å². The van der Waals surface area contributed by atoms with Crippen LogP contribution in [0.4, 0.5) is 0 Å². The quantitative estimate of drug-likeness (QED) is 0.844. The van der Waals surface area contributed by atoms with Gasteiger partial charge in [-0.3, -0.25) is 4.79 Å². The first kappa shape index (κ1) is 13.4. The van der Waals surface area contributed by atoms with Crippen LogP contribution < -0.4 is 0 Å². The number of carbonyl (C=O) groups is 2. The van der Waals surface area contributed by atoms with Gasteiger partial charge in [-0.2, -0.15) is 0 Å². The lowest BCUT2D eigenvalue weighted by atomic mass is 10.1. The summed E-state index contributed by atoms with van der Waals surface area (Å²) < 4.78 is 0.768. The molecule has 18 heavy (non-hydrogen) atoms. The summed E-state index contributed by atoms with van der Waals surface area (Å²) in [6.45, 7) is 0. The molecule has 1 unspecified atom stereocenters. The topological polar surface area (TPSA) is 57.6 Å². The summed E-state index contributed by atoms with van der Waals surface area (Å²) >= 11 is 9.32. The minimum Gasteiger partial charge on any atom is -0.479 e. The first-order chi connectivity index (χ1) is 8.54.